The van der Waals surface area contributed by atoms with E-state index in [0.29, 0.717) is 0 Å². The number of fused-ring (bicyclic) bond motifs is 5. The molecule has 0 N–H and O–H groups in total. The van der Waals surface area contributed by atoms with Gasteiger partial charge in [0.1, 0.15) is 0 Å². The van der Waals surface area contributed by atoms with E-state index >= 15 is 0 Å². The SMILES string of the molecule is CC(C)(C)c1ccc2c(cnc3c4ccccc4ccc23)c1. The van der Waals surface area contributed by atoms with E-state index in [1.165, 1.54) is 32.5 Å². The van der Waals surface area contributed by atoms with E-state index in [-0.39, 0.29) is 5.41 Å². The molecule has 1 nitrogen and oxygen atoms in total. The molecule has 3 aromatic carbocycles. The van der Waals surface area contributed by atoms with Crippen molar-refractivity contribution in [2.75, 3.05) is 0 Å². The van der Waals surface area contributed by atoms with Crippen molar-refractivity contribution in [3.63, 3.8) is 0 Å². The maximum atomic E-state index is 4.76. The quantitative estimate of drug-likeness (QED) is 0.370. The summed E-state index contributed by atoms with van der Waals surface area (Å²) >= 11 is 0. The van der Waals surface area contributed by atoms with Crippen LogP contribution in [0.3, 0.4) is 0 Å². The Labute approximate surface area is 130 Å². The van der Waals surface area contributed by atoms with Crippen LogP contribution in [0.5, 0.6) is 0 Å². The minimum absolute atomic E-state index is 0.159. The summed E-state index contributed by atoms with van der Waals surface area (Å²) in [6.45, 7) is 6.74. The van der Waals surface area contributed by atoms with Crippen molar-refractivity contribution in [3.05, 3.63) is 66.4 Å². The second-order valence-corrected chi connectivity index (χ2v) is 6.99. The van der Waals surface area contributed by atoms with Gasteiger partial charge in [-0.2, -0.15) is 0 Å². The molecule has 0 saturated heterocycles. The molecule has 1 heteroatoms. The van der Waals surface area contributed by atoms with Gasteiger partial charge < -0.3 is 0 Å². The molecule has 0 radical (unpaired) electrons. The molecule has 0 bridgehead atoms. The molecule has 1 heterocycles. The van der Waals surface area contributed by atoms with Crippen LogP contribution in [0.25, 0.3) is 32.4 Å². The molecule has 4 aromatic rings. The molecule has 0 spiro atoms. The average Bonchev–Trinajstić information content (AvgIpc) is 2.52. The zero-order valence-corrected chi connectivity index (χ0v) is 13.2. The Morgan fingerprint density at radius 3 is 2.32 bits per heavy atom. The highest BCUT2D eigenvalue weighted by molar-refractivity contribution is 6.14. The van der Waals surface area contributed by atoms with E-state index in [9.17, 15) is 0 Å². The lowest BCUT2D eigenvalue weighted by Gasteiger charge is -2.19. The predicted molar refractivity (Wildman–Crippen MR) is 95.5 cm³/mol. The fourth-order valence-corrected chi connectivity index (χ4v) is 3.13. The highest BCUT2D eigenvalue weighted by Gasteiger charge is 2.14. The average molecular weight is 285 g/mol. The number of aromatic nitrogens is 1. The summed E-state index contributed by atoms with van der Waals surface area (Å²) in [6, 6.07) is 19.6. The number of rotatable bonds is 0. The molecule has 0 aliphatic carbocycles. The van der Waals surface area contributed by atoms with Gasteiger partial charge in [0.25, 0.3) is 0 Å². The van der Waals surface area contributed by atoms with E-state index in [0.717, 1.165) is 5.52 Å². The Morgan fingerprint density at radius 2 is 1.50 bits per heavy atom. The molecule has 0 saturated carbocycles. The van der Waals surface area contributed by atoms with Crippen molar-refractivity contribution in [3.8, 4) is 0 Å². The van der Waals surface area contributed by atoms with Crippen LogP contribution in [0.15, 0.2) is 60.8 Å². The summed E-state index contributed by atoms with van der Waals surface area (Å²) in [5.74, 6) is 0. The third kappa shape index (κ3) is 1.97. The number of nitrogens with zero attached hydrogens (tertiary/aromatic N) is 1. The monoisotopic (exact) mass is 285 g/mol. The van der Waals surface area contributed by atoms with Crippen molar-refractivity contribution < 1.29 is 0 Å². The van der Waals surface area contributed by atoms with Gasteiger partial charge in [0.15, 0.2) is 0 Å². The fraction of sp³-hybridized carbons (Fsp3) is 0.190. The van der Waals surface area contributed by atoms with Crippen molar-refractivity contribution in [2.45, 2.75) is 26.2 Å². The summed E-state index contributed by atoms with van der Waals surface area (Å²) in [4.78, 5) is 4.76. The number of hydrogen-bond acceptors (Lipinski definition) is 1. The third-order valence-corrected chi connectivity index (χ3v) is 4.44. The van der Waals surface area contributed by atoms with E-state index in [1.54, 1.807) is 0 Å². The Kier molecular flexibility index (Phi) is 2.74. The topological polar surface area (TPSA) is 12.9 Å². The summed E-state index contributed by atoms with van der Waals surface area (Å²) < 4.78 is 0. The zero-order valence-electron chi connectivity index (χ0n) is 13.2. The number of benzene rings is 3. The molecule has 22 heavy (non-hydrogen) atoms. The minimum Gasteiger partial charge on any atom is -0.255 e. The first-order chi connectivity index (χ1) is 10.5. The molecular formula is C21H19N. The van der Waals surface area contributed by atoms with E-state index in [1.807, 2.05) is 6.20 Å². The van der Waals surface area contributed by atoms with Gasteiger partial charge in [0.05, 0.1) is 5.52 Å². The maximum absolute atomic E-state index is 4.76. The Balaban J connectivity index is 2.09. The summed E-state index contributed by atoms with van der Waals surface area (Å²) in [5, 5.41) is 6.20. The van der Waals surface area contributed by atoms with Gasteiger partial charge in [-0.25, -0.2) is 0 Å². The van der Waals surface area contributed by atoms with Crippen LogP contribution in [-0.2, 0) is 5.41 Å². The smallest absolute Gasteiger partial charge is 0.0786 e. The van der Waals surface area contributed by atoms with Crippen LogP contribution in [-0.4, -0.2) is 4.98 Å². The van der Waals surface area contributed by atoms with Gasteiger partial charge in [0, 0.05) is 22.4 Å². The van der Waals surface area contributed by atoms with Crippen LogP contribution in [0.1, 0.15) is 26.3 Å². The summed E-state index contributed by atoms with van der Waals surface area (Å²) in [6.07, 6.45) is 2.01. The first kappa shape index (κ1) is 13.3. The van der Waals surface area contributed by atoms with Crippen LogP contribution in [0, 0.1) is 0 Å². The molecule has 0 aliphatic heterocycles. The number of hydrogen-bond donors (Lipinski definition) is 0. The summed E-state index contributed by atoms with van der Waals surface area (Å²) in [5.41, 5.74) is 2.60. The standard InChI is InChI=1S/C21H19N/c1-21(2,3)16-9-11-17-15(12-16)13-22-20-18-7-5-4-6-14(18)8-10-19(17)20/h4-13H,1-3H3. The fourth-order valence-electron chi connectivity index (χ4n) is 3.13. The van der Waals surface area contributed by atoms with Crippen LogP contribution in [0.2, 0.25) is 0 Å². The van der Waals surface area contributed by atoms with Crippen LogP contribution in [0.4, 0.5) is 0 Å². The van der Waals surface area contributed by atoms with Gasteiger partial charge in [-0.3, -0.25) is 4.98 Å². The normalized spacial score (nSPS) is 12.3. The highest BCUT2D eigenvalue weighted by Crippen LogP contribution is 2.32. The molecule has 4 rings (SSSR count). The van der Waals surface area contributed by atoms with E-state index in [4.69, 9.17) is 4.98 Å². The Morgan fingerprint density at radius 1 is 0.727 bits per heavy atom. The van der Waals surface area contributed by atoms with Crippen molar-refractivity contribution >= 4 is 32.4 Å². The molecule has 0 atom stereocenters. The largest absolute Gasteiger partial charge is 0.255 e. The predicted octanol–water partition coefficient (Wildman–Crippen LogP) is 5.84. The maximum Gasteiger partial charge on any atom is 0.0786 e. The first-order valence-electron chi connectivity index (χ1n) is 7.75. The molecule has 0 aliphatic rings. The third-order valence-electron chi connectivity index (χ3n) is 4.44. The lowest BCUT2D eigenvalue weighted by molar-refractivity contribution is 0.591. The second kappa shape index (κ2) is 4.54. The van der Waals surface area contributed by atoms with Gasteiger partial charge in [-0.1, -0.05) is 69.3 Å². The van der Waals surface area contributed by atoms with Crippen LogP contribution >= 0.6 is 0 Å². The van der Waals surface area contributed by atoms with Crippen molar-refractivity contribution in [1.82, 2.24) is 4.98 Å². The van der Waals surface area contributed by atoms with Crippen molar-refractivity contribution in [2.24, 2.45) is 0 Å². The lowest BCUT2D eigenvalue weighted by Crippen LogP contribution is -2.10. The molecule has 0 amide bonds. The van der Waals surface area contributed by atoms with Crippen LogP contribution < -0.4 is 0 Å². The van der Waals surface area contributed by atoms with Gasteiger partial charge in [-0.15, -0.1) is 0 Å². The lowest BCUT2D eigenvalue weighted by atomic mass is 9.86. The first-order valence-corrected chi connectivity index (χ1v) is 7.75. The number of pyridine rings is 1. The highest BCUT2D eigenvalue weighted by atomic mass is 14.7. The Hall–Kier alpha value is -2.41. The van der Waals surface area contributed by atoms with Gasteiger partial charge in [0.2, 0.25) is 0 Å². The summed E-state index contributed by atoms with van der Waals surface area (Å²) in [7, 11) is 0. The van der Waals surface area contributed by atoms with Gasteiger partial charge >= 0.3 is 0 Å². The minimum atomic E-state index is 0.159. The van der Waals surface area contributed by atoms with E-state index < -0.39 is 0 Å². The molecular weight excluding hydrogens is 266 g/mol. The Bertz CT molecular complexity index is 1010. The molecule has 0 fully saturated rings. The second-order valence-electron chi connectivity index (χ2n) is 6.99. The van der Waals surface area contributed by atoms with Crippen molar-refractivity contribution in [1.29, 1.82) is 0 Å². The van der Waals surface area contributed by atoms with Gasteiger partial charge in [-0.05, 0) is 27.8 Å². The molecule has 1 aromatic heterocycles. The zero-order chi connectivity index (χ0) is 15.3. The molecule has 108 valence electrons. The molecule has 0 unspecified atom stereocenters. The van der Waals surface area contributed by atoms with E-state index in [2.05, 4.69) is 75.4 Å².